The molecule has 0 aliphatic carbocycles. The second-order valence-electron chi connectivity index (χ2n) is 6.32. The van der Waals surface area contributed by atoms with E-state index in [2.05, 4.69) is 33.8 Å². The lowest BCUT2D eigenvalue weighted by molar-refractivity contribution is 0.525. The van der Waals surface area contributed by atoms with E-state index >= 15 is 0 Å². The Morgan fingerprint density at radius 2 is 2.05 bits per heavy atom. The Bertz CT molecular complexity index is 594. The van der Waals surface area contributed by atoms with E-state index in [1.54, 1.807) is 10.8 Å². The van der Waals surface area contributed by atoms with Crippen molar-refractivity contribution in [3.8, 4) is 0 Å². The van der Waals surface area contributed by atoms with Crippen molar-refractivity contribution < 1.29 is 0 Å². The van der Waals surface area contributed by atoms with Crippen LogP contribution in [-0.4, -0.2) is 4.57 Å². The lowest BCUT2D eigenvalue weighted by atomic mass is 9.94. The number of hydrogen-bond donors (Lipinski definition) is 1. The van der Waals surface area contributed by atoms with Gasteiger partial charge in [-0.25, -0.2) is 0 Å². The van der Waals surface area contributed by atoms with Crippen molar-refractivity contribution >= 4 is 0 Å². The smallest absolute Gasteiger partial charge is 0.253 e. The lowest BCUT2D eigenvalue weighted by Gasteiger charge is -2.18. The van der Waals surface area contributed by atoms with Crippen LogP contribution in [0.4, 0.5) is 0 Å². The van der Waals surface area contributed by atoms with Gasteiger partial charge in [-0.3, -0.25) is 4.79 Å². The van der Waals surface area contributed by atoms with Crippen LogP contribution in [0.15, 0.2) is 46.5 Å². The summed E-state index contributed by atoms with van der Waals surface area (Å²) in [5.41, 5.74) is 9.18. The van der Waals surface area contributed by atoms with Crippen molar-refractivity contribution in [3.63, 3.8) is 0 Å². The molecule has 22 heavy (non-hydrogen) atoms. The zero-order valence-electron chi connectivity index (χ0n) is 14.6. The normalized spacial score (nSPS) is 14.5. The first-order chi connectivity index (χ1) is 10.4. The topological polar surface area (TPSA) is 48.0 Å². The quantitative estimate of drug-likeness (QED) is 0.762. The minimum atomic E-state index is 0.0768. The summed E-state index contributed by atoms with van der Waals surface area (Å²) >= 11 is 0. The molecule has 1 rings (SSSR count). The van der Waals surface area contributed by atoms with E-state index in [0.717, 1.165) is 30.4 Å². The lowest BCUT2D eigenvalue weighted by Crippen LogP contribution is -2.24. The molecule has 0 fully saturated rings. The van der Waals surface area contributed by atoms with Gasteiger partial charge in [0.1, 0.15) is 0 Å². The maximum Gasteiger partial charge on any atom is 0.253 e. The third-order valence-corrected chi connectivity index (χ3v) is 4.04. The average molecular weight is 302 g/mol. The molecule has 1 aromatic heterocycles. The van der Waals surface area contributed by atoms with Crippen molar-refractivity contribution in [3.05, 3.63) is 57.7 Å². The molecule has 0 saturated heterocycles. The van der Waals surface area contributed by atoms with Crippen LogP contribution in [0, 0.1) is 12.8 Å². The summed E-state index contributed by atoms with van der Waals surface area (Å²) in [6.07, 6.45) is 8.73. The third-order valence-electron chi connectivity index (χ3n) is 4.04. The van der Waals surface area contributed by atoms with Gasteiger partial charge in [0, 0.05) is 17.8 Å². The molecule has 1 atom stereocenters. The summed E-state index contributed by atoms with van der Waals surface area (Å²) < 4.78 is 1.79. The van der Waals surface area contributed by atoms with Crippen LogP contribution >= 0.6 is 0 Å². The largest absolute Gasteiger partial charge is 0.404 e. The zero-order chi connectivity index (χ0) is 16.7. The first kappa shape index (κ1) is 18.3. The summed E-state index contributed by atoms with van der Waals surface area (Å²) in [5, 5.41) is 0. The first-order valence-corrected chi connectivity index (χ1v) is 8.19. The van der Waals surface area contributed by atoms with Crippen LogP contribution in [0.5, 0.6) is 0 Å². The Morgan fingerprint density at radius 1 is 1.36 bits per heavy atom. The van der Waals surface area contributed by atoms with Gasteiger partial charge in [0.2, 0.25) is 0 Å². The highest BCUT2D eigenvalue weighted by atomic mass is 16.1. The molecule has 2 N–H and O–H groups in total. The fourth-order valence-electron chi connectivity index (χ4n) is 2.64. The van der Waals surface area contributed by atoms with Gasteiger partial charge in [-0.05, 0) is 50.4 Å². The maximum absolute atomic E-state index is 12.2. The van der Waals surface area contributed by atoms with Crippen molar-refractivity contribution in [1.29, 1.82) is 0 Å². The van der Waals surface area contributed by atoms with Crippen molar-refractivity contribution in [1.82, 2.24) is 4.57 Å². The highest BCUT2D eigenvalue weighted by molar-refractivity contribution is 5.25. The Morgan fingerprint density at radius 3 is 2.59 bits per heavy atom. The van der Waals surface area contributed by atoms with Gasteiger partial charge >= 0.3 is 0 Å². The number of aryl methyl sites for hydroxylation is 1. The van der Waals surface area contributed by atoms with E-state index in [4.69, 9.17) is 5.73 Å². The summed E-state index contributed by atoms with van der Waals surface area (Å²) in [6, 6.07) is 3.86. The molecule has 1 aromatic rings. The molecule has 122 valence electrons. The molecule has 3 heteroatoms. The number of allylic oxidation sites excluding steroid dienone is 3. The van der Waals surface area contributed by atoms with Crippen LogP contribution in [0.2, 0.25) is 0 Å². The highest BCUT2D eigenvalue weighted by Gasteiger charge is 2.11. The number of hydrogen-bond acceptors (Lipinski definition) is 2. The molecule has 0 aliphatic heterocycles. The molecule has 0 radical (unpaired) electrons. The van der Waals surface area contributed by atoms with E-state index in [1.807, 2.05) is 25.3 Å². The monoisotopic (exact) mass is 302 g/mol. The number of rotatable bonds is 7. The minimum Gasteiger partial charge on any atom is -0.404 e. The van der Waals surface area contributed by atoms with Crippen molar-refractivity contribution in [2.45, 2.75) is 59.9 Å². The second kappa shape index (κ2) is 8.62. The molecular formula is C19H30N2O. The van der Waals surface area contributed by atoms with Crippen LogP contribution in [0.3, 0.4) is 0 Å². The predicted octanol–water partition coefficient (Wildman–Crippen LogP) is 4.33. The Balaban J connectivity index is 2.97. The molecule has 3 nitrogen and oxygen atoms in total. The van der Waals surface area contributed by atoms with E-state index in [0.29, 0.717) is 5.92 Å². The summed E-state index contributed by atoms with van der Waals surface area (Å²) in [5.74, 6) is 0.520. The Labute approximate surface area is 134 Å². The fraction of sp³-hybridized carbons (Fsp3) is 0.526. The van der Waals surface area contributed by atoms with Gasteiger partial charge in [-0.15, -0.1) is 0 Å². The molecule has 0 amide bonds. The van der Waals surface area contributed by atoms with Gasteiger partial charge in [-0.1, -0.05) is 44.9 Å². The molecule has 0 aromatic carbocycles. The van der Waals surface area contributed by atoms with Gasteiger partial charge in [0.05, 0.1) is 0 Å². The van der Waals surface area contributed by atoms with Gasteiger partial charge < -0.3 is 10.3 Å². The Kier molecular flexibility index (Phi) is 7.16. The zero-order valence-corrected chi connectivity index (χ0v) is 14.6. The Hall–Kier alpha value is -1.77. The summed E-state index contributed by atoms with van der Waals surface area (Å²) in [4.78, 5) is 12.2. The standard InChI is InChI=1S/C19H30N2O/c1-6-8-18(14(2)3)12-17(13-20)11-16(5)21-10-7-9-15(4)19(21)22/h7,9-10,12-14,16H,6,8,11,20H2,1-5H3/b17-13-,18-12+. The number of nitrogens with two attached hydrogens (primary N) is 1. The second-order valence-corrected chi connectivity index (χ2v) is 6.32. The van der Waals surface area contributed by atoms with Gasteiger partial charge in [0.25, 0.3) is 5.56 Å². The molecule has 0 bridgehead atoms. The summed E-state index contributed by atoms with van der Waals surface area (Å²) in [7, 11) is 0. The van der Waals surface area contributed by atoms with Crippen LogP contribution in [0.1, 0.15) is 58.6 Å². The molecule has 1 heterocycles. The SMILES string of the molecule is CCC/C(=C\C(=C/N)CC(C)n1cccc(C)c1=O)C(C)C. The highest BCUT2D eigenvalue weighted by Crippen LogP contribution is 2.22. The predicted molar refractivity (Wildman–Crippen MR) is 94.9 cm³/mol. The molecule has 1 unspecified atom stereocenters. The number of pyridine rings is 1. The fourth-order valence-corrected chi connectivity index (χ4v) is 2.64. The van der Waals surface area contributed by atoms with E-state index in [9.17, 15) is 4.79 Å². The van der Waals surface area contributed by atoms with E-state index < -0.39 is 0 Å². The molecule has 0 saturated carbocycles. The number of nitrogens with zero attached hydrogens (tertiary/aromatic N) is 1. The first-order valence-electron chi connectivity index (χ1n) is 8.19. The van der Waals surface area contributed by atoms with Crippen molar-refractivity contribution in [2.75, 3.05) is 0 Å². The molecule has 0 spiro atoms. The van der Waals surface area contributed by atoms with Crippen molar-refractivity contribution in [2.24, 2.45) is 11.7 Å². The van der Waals surface area contributed by atoms with E-state index in [1.165, 1.54) is 5.57 Å². The van der Waals surface area contributed by atoms with Crippen LogP contribution in [-0.2, 0) is 0 Å². The van der Waals surface area contributed by atoms with Crippen LogP contribution < -0.4 is 11.3 Å². The minimum absolute atomic E-state index is 0.0768. The molecular weight excluding hydrogens is 272 g/mol. The summed E-state index contributed by atoms with van der Waals surface area (Å²) in [6.45, 7) is 10.5. The van der Waals surface area contributed by atoms with E-state index in [-0.39, 0.29) is 11.6 Å². The average Bonchev–Trinajstić information content (AvgIpc) is 2.48. The number of aromatic nitrogens is 1. The van der Waals surface area contributed by atoms with Gasteiger partial charge in [0.15, 0.2) is 0 Å². The molecule has 0 aliphatic rings. The van der Waals surface area contributed by atoms with Crippen LogP contribution in [0.25, 0.3) is 0 Å². The van der Waals surface area contributed by atoms with Gasteiger partial charge in [-0.2, -0.15) is 0 Å². The maximum atomic E-state index is 12.2. The third kappa shape index (κ3) is 4.90.